The van der Waals surface area contributed by atoms with Crippen molar-refractivity contribution in [2.24, 2.45) is 5.41 Å². The maximum absolute atomic E-state index is 13.4. The van der Waals surface area contributed by atoms with Crippen LogP contribution in [-0.2, 0) is 26.5 Å². The van der Waals surface area contributed by atoms with Crippen molar-refractivity contribution in [1.29, 1.82) is 5.26 Å². The molecule has 1 aliphatic carbocycles. The van der Waals surface area contributed by atoms with Gasteiger partial charge < -0.3 is 14.5 Å². The summed E-state index contributed by atoms with van der Waals surface area (Å²) in [5.74, 6) is 0.689. The first-order valence-electron chi connectivity index (χ1n) is 18.9. The number of benzene rings is 2. The Morgan fingerprint density at radius 3 is 2.23 bits per heavy atom. The fraction of sp³-hybridized carbons (Fsp3) is 0.537. The molecule has 3 aromatic rings. The predicted octanol–water partition coefficient (Wildman–Crippen LogP) is 5.90. The molecule has 7 rings (SSSR count). The Labute approximate surface area is 307 Å². The lowest BCUT2D eigenvalue weighted by molar-refractivity contribution is -0.153. The quantitative estimate of drug-likeness (QED) is 0.178. The first kappa shape index (κ1) is 37.5. The third-order valence-electron chi connectivity index (χ3n) is 11.2. The number of fused-ring (bicyclic) bond motifs is 1. The Kier molecular flexibility index (Phi) is 12.3. The SMILES string of the molecule is CN(C)CCCC1(c2ccc(F)cc2)OCc2cc(C#N)ccc21.O=C1CC2(CCCC2)CC(=O)N1CCCCN1CCN(c2ncccn2)CC1. The van der Waals surface area contributed by atoms with Crippen LogP contribution in [-0.4, -0.2) is 96.4 Å². The summed E-state index contributed by atoms with van der Waals surface area (Å²) in [6.07, 6.45) is 12.9. The van der Waals surface area contributed by atoms with Crippen LogP contribution in [0.15, 0.2) is 60.9 Å². The topological polar surface area (TPSA) is 106 Å². The number of amides is 2. The van der Waals surface area contributed by atoms with Crippen LogP contribution in [0, 0.1) is 22.6 Å². The van der Waals surface area contributed by atoms with E-state index in [-0.39, 0.29) is 23.0 Å². The summed E-state index contributed by atoms with van der Waals surface area (Å²) in [4.78, 5) is 42.0. The molecule has 3 fully saturated rings. The van der Waals surface area contributed by atoms with Gasteiger partial charge in [-0.15, -0.1) is 0 Å². The van der Waals surface area contributed by atoms with E-state index in [1.54, 1.807) is 24.5 Å². The van der Waals surface area contributed by atoms with Crippen LogP contribution in [0.3, 0.4) is 0 Å². The summed E-state index contributed by atoms with van der Waals surface area (Å²) >= 11 is 0. The van der Waals surface area contributed by atoms with Crippen LogP contribution >= 0.6 is 0 Å². The highest BCUT2D eigenvalue weighted by atomic mass is 19.1. The minimum absolute atomic E-state index is 0.00676. The normalized spacial score (nSPS) is 21.3. The second-order valence-corrected chi connectivity index (χ2v) is 15.1. The second kappa shape index (κ2) is 17.1. The number of rotatable bonds is 11. The van der Waals surface area contributed by atoms with Gasteiger partial charge in [0.2, 0.25) is 17.8 Å². The lowest BCUT2D eigenvalue weighted by Crippen LogP contribution is -2.48. The highest BCUT2D eigenvalue weighted by molar-refractivity contribution is 5.98. The van der Waals surface area contributed by atoms with Crippen LogP contribution in [0.5, 0.6) is 0 Å². The van der Waals surface area contributed by atoms with E-state index in [1.807, 2.05) is 38.4 Å². The monoisotopic (exact) mass is 709 g/mol. The number of unbranched alkanes of at least 4 members (excludes halogenated alkanes) is 1. The average Bonchev–Trinajstić information content (AvgIpc) is 3.76. The van der Waals surface area contributed by atoms with Crippen LogP contribution in [0.1, 0.15) is 86.5 Å². The van der Waals surface area contributed by atoms with E-state index in [2.05, 4.69) is 30.7 Å². The summed E-state index contributed by atoms with van der Waals surface area (Å²) in [5, 5.41) is 9.11. The number of ether oxygens (including phenoxy) is 1. The largest absolute Gasteiger partial charge is 0.361 e. The number of halogens is 1. The van der Waals surface area contributed by atoms with E-state index in [0.717, 1.165) is 100 Å². The summed E-state index contributed by atoms with van der Waals surface area (Å²) in [5.41, 5.74) is 3.18. The molecule has 1 spiro atoms. The number of aromatic nitrogens is 2. The molecule has 0 bridgehead atoms. The minimum Gasteiger partial charge on any atom is -0.361 e. The zero-order valence-electron chi connectivity index (χ0n) is 30.7. The molecule has 1 saturated carbocycles. The number of piperazine rings is 1. The number of anilines is 1. The standard InChI is InChI=1S/C21H31N5O2.C20H21FN2O/c27-18-16-21(6-1-2-7-21)17-19(28)26(18)11-4-3-10-24-12-14-25(15-13-24)20-22-8-5-9-23-20;1-23(2)11-3-10-20(17-5-7-18(21)8-6-17)19-9-4-15(13-22)12-16(19)14-24-20/h5,8-9H,1-4,6-7,10-17H2;4-9,12H,3,10-11,14H2,1-2H3. The molecule has 3 aliphatic heterocycles. The number of piperidine rings is 1. The first-order valence-corrected chi connectivity index (χ1v) is 18.9. The van der Waals surface area contributed by atoms with Gasteiger partial charge in [-0.25, -0.2) is 14.4 Å². The van der Waals surface area contributed by atoms with Crippen molar-refractivity contribution in [2.45, 2.75) is 76.4 Å². The highest BCUT2D eigenvalue weighted by Crippen LogP contribution is 2.47. The Hall–Kier alpha value is -4.24. The van der Waals surface area contributed by atoms with Gasteiger partial charge in [-0.3, -0.25) is 19.4 Å². The molecule has 2 amide bonds. The van der Waals surface area contributed by atoms with E-state index in [0.29, 0.717) is 31.6 Å². The fourth-order valence-corrected chi connectivity index (χ4v) is 8.40. The summed E-state index contributed by atoms with van der Waals surface area (Å²) < 4.78 is 19.6. The van der Waals surface area contributed by atoms with Crippen molar-refractivity contribution in [2.75, 3.05) is 64.8 Å². The highest BCUT2D eigenvalue weighted by Gasteiger charge is 2.45. The lowest BCUT2D eigenvalue weighted by atomic mass is 9.76. The number of hydrogen-bond donors (Lipinski definition) is 0. The number of carbonyl (C=O) groups excluding carboxylic acids is 2. The van der Waals surface area contributed by atoms with Crippen LogP contribution in [0.2, 0.25) is 0 Å². The van der Waals surface area contributed by atoms with Gasteiger partial charge in [0.25, 0.3) is 0 Å². The van der Waals surface area contributed by atoms with Crippen LogP contribution in [0.25, 0.3) is 0 Å². The number of nitriles is 1. The molecule has 52 heavy (non-hydrogen) atoms. The van der Waals surface area contributed by atoms with Crippen molar-refractivity contribution in [3.05, 3.63) is 89.0 Å². The van der Waals surface area contributed by atoms with Gasteiger partial charge in [0.05, 0.1) is 18.2 Å². The number of imide groups is 1. The van der Waals surface area contributed by atoms with Gasteiger partial charge in [0, 0.05) is 58.0 Å². The first-order chi connectivity index (χ1) is 25.2. The molecule has 0 N–H and O–H groups in total. The van der Waals surface area contributed by atoms with E-state index < -0.39 is 5.60 Å². The maximum atomic E-state index is 13.4. The number of nitrogens with zero attached hydrogens (tertiary/aromatic N) is 7. The average molecular weight is 710 g/mol. The van der Waals surface area contributed by atoms with Crippen molar-refractivity contribution >= 4 is 17.8 Å². The molecule has 10 nitrogen and oxygen atoms in total. The summed E-state index contributed by atoms with van der Waals surface area (Å²) in [6.45, 7) is 6.92. The van der Waals surface area contributed by atoms with Crippen LogP contribution < -0.4 is 4.90 Å². The summed E-state index contributed by atoms with van der Waals surface area (Å²) in [7, 11) is 4.10. The fourth-order valence-electron chi connectivity index (χ4n) is 8.40. The molecule has 1 atom stereocenters. The smallest absolute Gasteiger partial charge is 0.229 e. The molecular weight excluding hydrogens is 657 g/mol. The molecule has 276 valence electrons. The Morgan fingerprint density at radius 1 is 0.904 bits per heavy atom. The predicted molar refractivity (Wildman–Crippen MR) is 198 cm³/mol. The van der Waals surface area contributed by atoms with Crippen LogP contribution in [0.4, 0.5) is 10.3 Å². The van der Waals surface area contributed by atoms with E-state index >= 15 is 0 Å². The zero-order chi connectivity index (χ0) is 36.6. The molecule has 4 aliphatic rings. The Morgan fingerprint density at radius 2 is 1.58 bits per heavy atom. The van der Waals surface area contributed by atoms with Crippen molar-refractivity contribution in [3.8, 4) is 6.07 Å². The Bertz CT molecular complexity index is 1680. The molecule has 4 heterocycles. The van der Waals surface area contributed by atoms with Crippen molar-refractivity contribution in [3.63, 3.8) is 0 Å². The molecule has 1 aromatic heterocycles. The minimum atomic E-state index is -0.562. The number of hydrogen-bond acceptors (Lipinski definition) is 9. The van der Waals surface area contributed by atoms with Gasteiger partial charge in [-0.05, 0) is 118 Å². The number of carbonyl (C=O) groups is 2. The van der Waals surface area contributed by atoms with Gasteiger partial charge in [0.1, 0.15) is 11.4 Å². The lowest BCUT2D eigenvalue weighted by Gasteiger charge is -2.37. The van der Waals surface area contributed by atoms with Crippen molar-refractivity contribution in [1.82, 2.24) is 24.7 Å². The molecule has 0 radical (unpaired) electrons. The van der Waals surface area contributed by atoms with Crippen molar-refractivity contribution < 1.29 is 18.7 Å². The third-order valence-corrected chi connectivity index (χ3v) is 11.2. The summed E-state index contributed by atoms with van der Waals surface area (Å²) in [6, 6.07) is 16.3. The van der Waals surface area contributed by atoms with E-state index in [1.165, 1.54) is 29.9 Å². The van der Waals surface area contributed by atoms with Gasteiger partial charge in [0.15, 0.2) is 0 Å². The van der Waals surface area contributed by atoms with E-state index in [4.69, 9.17) is 10.00 Å². The maximum Gasteiger partial charge on any atom is 0.229 e. The molecule has 2 aromatic carbocycles. The molecule has 11 heteroatoms. The third kappa shape index (κ3) is 8.85. The zero-order valence-corrected chi connectivity index (χ0v) is 30.7. The molecular formula is C41H52FN7O3. The molecule has 2 saturated heterocycles. The number of likely N-dealkylation sites (tertiary alicyclic amines) is 1. The van der Waals surface area contributed by atoms with Gasteiger partial charge in [-0.2, -0.15) is 5.26 Å². The van der Waals surface area contributed by atoms with E-state index in [9.17, 15) is 14.0 Å². The van der Waals surface area contributed by atoms with Gasteiger partial charge >= 0.3 is 0 Å². The Balaban J connectivity index is 0.000000181. The molecule has 1 unspecified atom stereocenters. The second-order valence-electron chi connectivity index (χ2n) is 15.1. The van der Waals surface area contributed by atoms with Gasteiger partial charge in [-0.1, -0.05) is 31.0 Å².